The highest BCUT2D eigenvalue weighted by Crippen LogP contribution is 2.33. The van der Waals surface area contributed by atoms with Gasteiger partial charge in [0.25, 0.3) is 5.69 Å². The Morgan fingerprint density at radius 2 is 2.18 bits per heavy atom. The van der Waals surface area contributed by atoms with Crippen molar-refractivity contribution in [1.29, 1.82) is 0 Å². The molecular weight excluding hydrogens is 368 g/mol. The molecule has 0 unspecified atom stereocenters. The first kappa shape index (κ1) is 14.7. The molecule has 0 radical (unpaired) electrons. The number of aromatic nitrogens is 1. The van der Waals surface area contributed by atoms with Crippen molar-refractivity contribution >= 4 is 50.2 Å². The lowest BCUT2D eigenvalue weighted by molar-refractivity contribution is -0.385. The number of thiocarbonyl (C=S) groups is 1. The van der Waals surface area contributed by atoms with Gasteiger partial charge in [0.15, 0.2) is 0 Å². The predicted octanol–water partition coefficient (Wildman–Crippen LogP) is 3.34. The van der Waals surface area contributed by atoms with Crippen LogP contribution in [0.4, 0.5) is 11.4 Å². The summed E-state index contributed by atoms with van der Waals surface area (Å²) in [5.41, 5.74) is 2.59. The maximum Gasteiger partial charge on any atom is 0.285 e. The van der Waals surface area contributed by atoms with E-state index in [0.717, 1.165) is 5.56 Å². The Labute approximate surface area is 139 Å². The molecule has 2 aromatic rings. The molecular formula is C14H9BrN4O2S. The number of hydrogen-bond donors (Lipinski definition) is 1. The van der Waals surface area contributed by atoms with Gasteiger partial charge in [0, 0.05) is 17.8 Å². The smallest absolute Gasteiger partial charge is 0.285 e. The van der Waals surface area contributed by atoms with Gasteiger partial charge in [-0.3, -0.25) is 20.1 Å². The summed E-state index contributed by atoms with van der Waals surface area (Å²) in [7, 11) is 0. The van der Waals surface area contributed by atoms with E-state index in [9.17, 15) is 10.1 Å². The summed E-state index contributed by atoms with van der Waals surface area (Å²) in [5, 5.41) is 14.1. The van der Waals surface area contributed by atoms with E-state index < -0.39 is 4.92 Å². The van der Waals surface area contributed by atoms with Crippen LogP contribution in [0.15, 0.2) is 46.0 Å². The molecule has 0 atom stereocenters. The van der Waals surface area contributed by atoms with Crippen LogP contribution >= 0.6 is 28.1 Å². The molecule has 0 saturated heterocycles. The lowest BCUT2D eigenvalue weighted by Crippen LogP contribution is -2.11. The molecule has 6 nitrogen and oxygen atoms in total. The molecule has 0 amide bonds. The first-order valence-corrected chi connectivity index (χ1v) is 7.50. The van der Waals surface area contributed by atoms with Crippen molar-refractivity contribution in [3.05, 3.63) is 62.4 Å². The monoisotopic (exact) mass is 376 g/mol. The number of pyridine rings is 1. The van der Waals surface area contributed by atoms with E-state index in [1.807, 2.05) is 18.2 Å². The van der Waals surface area contributed by atoms with E-state index in [0.29, 0.717) is 33.1 Å². The number of nitrogens with one attached hydrogen (secondary N) is 1. The molecule has 0 aliphatic carbocycles. The SMILES string of the molecule is O=[N+]([O-])c1cc2c(cc1Br)C(c1ccccn1)=NCC(=S)N2. The zero-order valence-corrected chi connectivity index (χ0v) is 13.5. The van der Waals surface area contributed by atoms with Gasteiger partial charge >= 0.3 is 0 Å². The Bertz CT molecular complexity index is 808. The van der Waals surface area contributed by atoms with Crippen molar-refractivity contribution < 1.29 is 4.92 Å². The molecule has 1 aliphatic rings. The molecule has 0 saturated carbocycles. The van der Waals surface area contributed by atoms with Gasteiger partial charge in [-0.15, -0.1) is 0 Å². The second kappa shape index (κ2) is 5.90. The molecule has 0 spiro atoms. The van der Waals surface area contributed by atoms with Crippen LogP contribution < -0.4 is 5.32 Å². The van der Waals surface area contributed by atoms with Crippen molar-refractivity contribution in [3.63, 3.8) is 0 Å². The van der Waals surface area contributed by atoms with Gasteiger partial charge in [-0.2, -0.15) is 0 Å². The van der Waals surface area contributed by atoms with Crippen molar-refractivity contribution in [3.8, 4) is 0 Å². The molecule has 1 N–H and O–H groups in total. The number of halogens is 1. The third kappa shape index (κ3) is 2.75. The summed E-state index contributed by atoms with van der Waals surface area (Å²) >= 11 is 8.43. The fraction of sp³-hybridized carbons (Fsp3) is 0.0714. The highest BCUT2D eigenvalue weighted by molar-refractivity contribution is 9.10. The van der Waals surface area contributed by atoms with Crippen LogP contribution in [0.1, 0.15) is 11.3 Å². The largest absolute Gasteiger partial charge is 0.348 e. The fourth-order valence-electron chi connectivity index (χ4n) is 2.15. The average Bonchev–Trinajstić information content (AvgIpc) is 2.65. The van der Waals surface area contributed by atoms with Crippen molar-refractivity contribution in [1.82, 2.24) is 4.98 Å². The number of nitrogens with zero attached hydrogens (tertiary/aromatic N) is 3. The van der Waals surface area contributed by atoms with E-state index in [1.54, 1.807) is 12.3 Å². The average molecular weight is 377 g/mol. The van der Waals surface area contributed by atoms with E-state index >= 15 is 0 Å². The topological polar surface area (TPSA) is 80.4 Å². The summed E-state index contributed by atoms with van der Waals surface area (Å²) in [4.78, 5) is 20.0. The highest BCUT2D eigenvalue weighted by Gasteiger charge is 2.23. The Morgan fingerprint density at radius 3 is 2.86 bits per heavy atom. The third-order valence-corrected chi connectivity index (χ3v) is 3.97. The van der Waals surface area contributed by atoms with Crippen LogP contribution in [0.5, 0.6) is 0 Å². The summed E-state index contributed by atoms with van der Waals surface area (Å²) < 4.78 is 0.384. The van der Waals surface area contributed by atoms with E-state index in [-0.39, 0.29) is 5.69 Å². The Kier molecular flexibility index (Phi) is 3.95. The first-order chi connectivity index (χ1) is 10.6. The third-order valence-electron chi connectivity index (χ3n) is 3.10. The van der Waals surface area contributed by atoms with E-state index in [2.05, 4.69) is 31.2 Å². The summed E-state index contributed by atoms with van der Waals surface area (Å²) in [6.07, 6.45) is 1.68. The summed E-state index contributed by atoms with van der Waals surface area (Å²) in [5.74, 6) is 0. The van der Waals surface area contributed by atoms with Crippen molar-refractivity contribution in [2.24, 2.45) is 4.99 Å². The van der Waals surface area contributed by atoms with Gasteiger partial charge in [0.05, 0.1) is 33.0 Å². The molecule has 0 bridgehead atoms. The number of benzene rings is 1. The zero-order chi connectivity index (χ0) is 15.7. The van der Waals surface area contributed by atoms with Crippen LogP contribution in [0.3, 0.4) is 0 Å². The van der Waals surface area contributed by atoms with Gasteiger partial charge < -0.3 is 5.32 Å². The number of rotatable bonds is 2. The molecule has 1 aliphatic heterocycles. The number of benzodiazepines with no additional fused rings is 1. The predicted molar refractivity (Wildman–Crippen MR) is 91.8 cm³/mol. The number of hydrogen-bond acceptors (Lipinski definition) is 5. The summed E-state index contributed by atoms with van der Waals surface area (Å²) in [6, 6.07) is 8.64. The minimum absolute atomic E-state index is 0.0312. The maximum atomic E-state index is 11.1. The maximum absolute atomic E-state index is 11.1. The van der Waals surface area contributed by atoms with E-state index in [1.165, 1.54) is 6.07 Å². The number of anilines is 1. The van der Waals surface area contributed by atoms with Gasteiger partial charge in [-0.1, -0.05) is 18.3 Å². The first-order valence-electron chi connectivity index (χ1n) is 6.30. The van der Waals surface area contributed by atoms with Crippen LogP contribution in [-0.4, -0.2) is 27.2 Å². The number of nitro groups is 1. The Morgan fingerprint density at radius 1 is 1.36 bits per heavy atom. The standard InChI is InChI=1S/C14H9BrN4O2S/c15-9-5-8-11(6-12(9)19(20)21)18-13(22)7-17-14(8)10-3-1-2-4-16-10/h1-6H,7H2,(H,18,22). The second-order valence-electron chi connectivity index (χ2n) is 4.53. The van der Waals surface area contributed by atoms with Crippen LogP contribution in [0.2, 0.25) is 0 Å². The lowest BCUT2D eigenvalue weighted by atomic mass is 10.0. The minimum atomic E-state index is -0.447. The van der Waals surface area contributed by atoms with Crippen LogP contribution in [0.25, 0.3) is 0 Å². The Hall–Kier alpha value is -2.19. The molecule has 110 valence electrons. The second-order valence-corrected chi connectivity index (χ2v) is 5.88. The normalized spacial score (nSPS) is 13.7. The van der Waals surface area contributed by atoms with Crippen LogP contribution in [0, 0.1) is 10.1 Å². The molecule has 1 aromatic heterocycles. The fourth-order valence-corrected chi connectivity index (χ4v) is 2.81. The number of fused-ring (bicyclic) bond motifs is 1. The van der Waals surface area contributed by atoms with Crippen molar-refractivity contribution in [2.45, 2.75) is 0 Å². The quantitative estimate of drug-likeness (QED) is 0.493. The van der Waals surface area contributed by atoms with Crippen molar-refractivity contribution in [2.75, 3.05) is 11.9 Å². The lowest BCUT2D eigenvalue weighted by Gasteiger charge is -2.10. The summed E-state index contributed by atoms with van der Waals surface area (Å²) in [6.45, 7) is 0.307. The number of nitro benzene ring substituents is 1. The Balaban J connectivity index is 2.22. The van der Waals surface area contributed by atoms with Gasteiger partial charge in [0.2, 0.25) is 0 Å². The molecule has 0 fully saturated rings. The highest BCUT2D eigenvalue weighted by atomic mass is 79.9. The number of aliphatic imine (C=N–C) groups is 1. The minimum Gasteiger partial charge on any atom is -0.348 e. The molecule has 3 rings (SSSR count). The molecule has 1 aromatic carbocycles. The van der Waals surface area contributed by atoms with Gasteiger partial charge in [-0.25, -0.2) is 0 Å². The molecule has 8 heteroatoms. The zero-order valence-electron chi connectivity index (χ0n) is 11.1. The molecule has 22 heavy (non-hydrogen) atoms. The molecule has 2 heterocycles. The van der Waals surface area contributed by atoms with E-state index in [4.69, 9.17) is 12.2 Å². The van der Waals surface area contributed by atoms with Gasteiger partial charge in [0.1, 0.15) is 4.99 Å². The van der Waals surface area contributed by atoms with Gasteiger partial charge in [-0.05, 0) is 34.1 Å². The van der Waals surface area contributed by atoms with Crippen LogP contribution in [-0.2, 0) is 0 Å².